The maximum Gasteiger partial charge on any atom is 0.234 e. The molecule has 1 aromatic heterocycles. The Kier molecular flexibility index (Phi) is 7.28. The molecule has 7 nitrogen and oxygen atoms in total. The summed E-state index contributed by atoms with van der Waals surface area (Å²) in [5.74, 6) is 0.671. The van der Waals surface area contributed by atoms with Crippen molar-refractivity contribution >= 4 is 50.9 Å². The zero-order valence-electron chi connectivity index (χ0n) is 16.9. The fourth-order valence-electron chi connectivity index (χ4n) is 2.88. The molecule has 0 atom stereocenters. The lowest BCUT2D eigenvalue weighted by Gasteiger charge is -2.09. The van der Waals surface area contributed by atoms with E-state index in [9.17, 15) is 9.59 Å². The normalized spacial score (nSPS) is 10.7. The molecule has 3 aromatic rings. The van der Waals surface area contributed by atoms with Gasteiger partial charge >= 0.3 is 0 Å². The molecule has 0 aliphatic heterocycles. The third kappa shape index (κ3) is 5.48. The number of nitrogens with one attached hydrogen (secondary N) is 2. The van der Waals surface area contributed by atoms with Gasteiger partial charge in [0.15, 0.2) is 11.0 Å². The number of hydrogen-bond acceptors (Lipinski definition) is 5. The van der Waals surface area contributed by atoms with Crippen molar-refractivity contribution in [2.75, 3.05) is 16.4 Å². The minimum Gasteiger partial charge on any atom is -0.326 e. The highest BCUT2D eigenvalue weighted by Crippen LogP contribution is 2.26. The number of benzene rings is 2. The van der Waals surface area contributed by atoms with E-state index < -0.39 is 0 Å². The highest BCUT2D eigenvalue weighted by atomic mass is 79.9. The first kappa shape index (κ1) is 22.0. The average Bonchev–Trinajstić information content (AvgIpc) is 3.12. The highest BCUT2D eigenvalue weighted by molar-refractivity contribution is 9.10. The zero-order chi connectivity index (χ0) is 21.7. The minimum absolute atomic E-state index is 0.110. The van der Waals surface area contributed by atoms with E-state index >= 15 is 0 Å². The lowest BCUT2D eigenvalue weighted by atomic mass is 10.2. The van der Waals surface area contributed by atoms with Crippen molar-refractivity contribution < 1.29 is 9.59 Å². The molecule has 0 spiro atoms. The van der Waals surface area contributed by atoms with E-state index in [-0.39, 0.29) is 17.6 Å². The Balaban J connectivity index is 1.70. The van der Waals surface area contributed by atoms with Gasteiger partial charge in [-0.2, -0.15) is 0 Å². The van der Waals surface area contributed by atoms with Crippen LogP contribution in [0.3, 0.4) is 0 Å². The highest BCUT2D eigenvalue weighted by Gasteiger charge is 2.15. The summed E-state index contributed by atoms with van der Waals surface area (Å²) in [6.07, 6.45) is 0. The van der Waals surface area contributed by atoms with E-state index in [4.69, 9.17) is 0 Å². The number of anilines is 2. The second-order valence-electron chi connectivity index (χ2n) is 6.61. The van der Waals surface area contributed by atoms with Gasteiger partial charge in [-0.25, -0.2) is 0 Å². The number of aryl methyl sites for hydroxylation is 1. The summed E-state index contributed by atoms with van der Waals surface area (Å²) in [6, 6.07) is 13.1. The van der Waals surface area contributed by atoms with Crippen LogP contribution in [0.15, 0.2) is 52.1 Å². The third-order valence-corrected chi connectivity index (χ3v) is 6.10. The Bertz CT molecular complexity index is 1080. The molecule has 0 aliphatic rings. The number of carbonyl (C=O) groups excluding carboxylic acids is 2. The Hall–Kier alpha value is -2.65. The molecule has 0 bridgehead atoms. The number of nitrogens with zero attached hydrogens (tertiary/aromatic N) is 3. The summed E-state index contributed by atoms with van der Waals surface area (Å²) in [7, 11) is 0. The second-order valence-corrected chi connectivity index (χ2v) is 8.41. The first-order chi connectivity index (χ1) is 14.4. The molecule has 0 saturated carbocycles. The fourth-order valence-corrected chi connectivity index (χ4v) is 3.93. The van der Waals surface area contributed by atoms with Crippen LogP contribution in [0.5, 0.6) is 0 Å². The summed E-state index contributed by atoms with van der Waals surface area (Å²) >= 11 is 4.79. The van der Waals surface area contributed by atoms with Crippen molar-refractivity contribution in [2.45, 2.75) is 32.5 Å². The van der Waals surface area contributed by atoms with Crippen LogP contribution in [-0.4, -0.2) is 32.3 Å². The van der Waals surface area contributed by atoms with Gasteiger partial charge in [-0.15, -0.1) is 10.2 Å². The van der Waals surface area contributed by atoms with Gasteiger partial charge in [0.2, 0.25) is 11.8 Å². The fraction of sp³-hybridized carbons (Fsp3) is 0.238. The van der Waals surface area contributed by atoms with Gasteiger partial charge in [0.1, 0.15) is 0 Å². The molecule has 2 N–H and O–H groups in total. The van der Waals surface area contributed by atoms with Crippen LogP contribution < -0.4 is 10.6 Å². The summed E-state index contributed by atoms with van der Waals surface area (Å²) in [5, 5.41) is 14.9. The van der Waals surface area contributed by atoms with Gasteiger partial charge in [-0.3, -0.25) is 9.59 Å². The maximum absolute atomic E-state index is 12.4. The molecular weight excluding hydrogens is 466 g/mol. The molecule has 0 aliphatic carbocycles. The summed E-state index contributed by atoms with van der Waals surface area (Å²) in [6.45, 7) is 6.10. The smallest absolute Gasteiger partial charge is 0.234 e. The monoisotopic (exact) mass is 487 g/mol. The second kappa shape index (κ2) is 9.90. The zero-order valence-corrected chi connectivity index (χ0v) is 19.3. The Morgan fingerprint density at radius 1 is 1.10 bits per heavy atom. The van der Waals surface area contributed by atoms with Gasteiger partial charge in [0.05, 0.1) is 5.75 Å². The van der Waals surface area contributed by atoms with E-state index in [1.165, 1.54) is 18.7 Å². The molecule has 30 heavy (non-hydrogen) atoms. The van der Waals surface area contributed by atoms with Crippen LogP contribution in [0, 0.1) is 6.92 Å². The number of amides is 2. The van der Waals surface area contributed by atoms with Gasteiger partial charge in [0, 0.05) is 34.9 Å². The quantitative estimate of drug-likeness (QED) is 0.470. The number of carbonyl (C=O) groups is 2. The van der Waals surface area contributed by atoms with Gasteiger partial charge < -0.3 is 15.2 Å². The summed E-state index contributed by atoms with van der Waals surface area (Å²) in [4.78, 5) is 23.7. The molecule has 0 fully saturated rings. The number of halogens is 1. The van der Waals surface area contributed by atoms with Crippen LogP contribution in [0.2, 0.25) is 0 Å². The predicted octanol–water partition coefficient (Wildman–Crippen LogP) is 4.73. The van der Waals surface area contributed by atoms with Crippen molar-refractivity contribution in [2.24, 2.45) is 0 Å². The van der Waals surface area contributed by atoms with Crippen LogP contribution >= 0.6 is 27.7 Å². The van der Waals surface area contributed by atoms with E-state index in [1.807, 2.05) is 60.9 Å². The summed E-state index contributed by atoms with van der Waals surface area (Å²) < 4.78 is 2.95. The molecule has 2 amide bonds. The van der Waals surface area contributed by atoms with Crippen LogP contribution in [0.1, 0.15) is 19.4 Å². The van der Waals surface area contributed by atoms with Crippen molar-refractivity contribution in [3.63, 3.8) is 0 Å². The maximum atomic E-state index is 12.4. The first-order valence-electron chi connectivity index (χ1n) is 9.37. The van der Waals surface area contributed by atoms with Crippen LogP contribution in [0.25, 0.3) is 11.4 Å². The minimum atomic E-state index is -0.132. The first-order valence-corrected chi connectivity index (χ1v) is 11.1. The SMILES string of the molecule is CCn1c(SCC(=O)Nc2ccc(Br)c(C)c2)nnc1-c1cccc(NC(C)=O)c1. The molecule has 0 radical (unpaired) electrons. The molecular formula is C21H22BrN5O2S. The predicted molar refractivity (Wildman–Crippen MR) is 124 cm³/mol. The van der Waals surface area contributed by atoms with E-state index in [1.54, 1.807) is 0 Å². The van der Waals surface area contributed by atoms with Gasteiger partial charge in [-0.05, 0) is 49.7 Å². The van der Waals surface area contributed by atoms with Crippen LogP contribution in [0.4, 0.5) is 11.4 Å². The Morgan fingerprint density at radius 3 is 2.57 bits per heavy atom. The summed E-state index contributed by atoms with van der Waals surface area (Å²) in [5.41, 5.74) is 3.35. The van der Waals surface area contributed by atoms with E-state index in [2.05, 4.69) is 36.8 Å². The third-order valence-electron chi connectivity index (χ3n) is 4.25. The molecule has 156 valence electrons. The van der Waals surface area contributed by atoms with Crippen molar-refractivity contribution in [3.05, 3.63) is 52.5 Å². The van der Waals surface area contributed by atoms with E-state index in [0.717, 1.165) is 21.3 Å². The molecule has 2 aromatic carbocycles. The number of rotatable bonds is 7. The topological polar surface area (TPSA) is 88.9 Å². The van der Waals surface area contributed by atoms with Gasteiger partial charge in [-0.1, -0.05) is 39.8 Å². The standard InChI is InChI=1S/C21H22BrN5O2S/c1-4-27-20(15-6-5-7-16(11-15)23-14(3)28)25-26-21(27)30-12-19(29)24-17-8-9-18(22)13(2)10-17/h5-11H,4,12H2,1-3H3,(H,23,28)(H,24,29). The molecule has 0 saturated heterocycles. The largest absolute Gasteiger partial charge is 0.326 e. The lowest BCUT2D eigenvalue weighted by molar-refractivity contribution is -0.114. The average molecular weight is 488 g/mol. The van der Waals surface area contributed by atoms with E-state index in [0.29, 0.717) is 23.2 Å². The van der Waals surface area contributed by atoms with Crippen LogP contribution in [-0.2, 0) is 16.1 Å². The van der Waals surface area contributed by atoms with Crippen molar-refractivity contribution in [1.29, 1.82) is 0 Å². The molecule has 9 heteroatoms. The van der Waals surface area contributed by atoms with Crippen molar-refractivity contribution in [3.8, 4) is 11.4 Å². The molecule has 0 unspecified atom stereocenters. The Morgan fingerprint density at radius 2 is 1.87 bits per heavy atom. The van der Waals surface area contributed by atoms with Gasteiger partial charge in [0.25, 0.3) is 0 Å². The molecule has 3 rings (SSSR count). The lowest BCUT2D eigenvalue weighted by Crippen LogP contribution is -2.14. The number of aromatic nitrogens is 3. The van der Waals surface area contributed by atoms with Crippen molar-refractivity contribution in [1.82, 2.24) is 14.8 Å². The number of hydrogen-bond donors (Lipinski definition) is 2. The number of thioether (sulfide) groups is 1. The molecule has 1 heterocycles. The Labute approximate surface area is 187 Å².